The average Bonchev–Trinajstić information content (AvgIpc) is 3.19. The van der Waals surface area contributed by atoms with Gasteiger partial charge in [0, 0.05) is 18.7 Å². The zero-order valence-corrected chi connectivity index (χ0v) is 15.1. The Kier molecular flexibility index (Phi) is 6.81. The van der Waals surface area contributed by atoms with Crippen LogP contribution in [0.4, 0.5) is 5.69 Å². The van der Waals surface area contributed by atoms with Gasteiger partial charge in [0.05, 0.1) is 19.9 Å². The molecule has 1 aromatic heterocycles. The molecule has 2 rings (SSSR count). The van der Waals surface area contributed by atoms with Crippen LogP contribution in [-0.4, -0.2) is 43.0 Å². The van der Waals surface area contributed by atoms with E-state index in [2.05, 4.69) is 15.6 Å². The lowest BCUT2D eigenvalue weighted by atomic mass is 10.1. The summed E-state index contributed by atoms with van der Waals surface area (Å²) in [6, 6.07) is 7.19. The number of primary amides is 1. The molecule has 0 saturated heterocycles. The van der Waals surface area contributed by atoms with Gasteiger partial charge >= 0.3 is 0 Å². The fourth-order valence-corrected chi connectivity index (χ4v) is 2.39. The summed E-state index contributed by atoms with van der Waals surface area (Å²) in [5, 5.41) is 5.29. The van der Waals surface area contributed by atoms with Gasteiger partial charge in [-0.1, -0.05) is 0 Å². The van der Waals surface area contributed by atoms with Gasteiger partial charge < -0.3 is 30.8 Å². The average molecular weight is 374 g/mol. The smallest absolute Gasteiger partial charge is 0.268 e. The van der Waals surface area contributed by atoms with Gasteiger partial charge in [0.25, 0.3) is 5.91 Å². The maximum absolute atomic E-state index is 12.7. The lowest BCUT2D eigenvalue weighted by Crippen LogP contribution is -2.44. The van der Waals surface area contributed by atoms with Crippen LogP contribution in [0.25, 0.3) is 0 Å². The molecule has 0 aliphatic rings. The number of amides is 3. The number of benzene rings is 1. The van der Waals surface area contributed by atoms with E-state index in [1.54, 1.807) is 36.5 Å². The van der Waals surface area contributed by atoms with Crippen LogP contribution >= 0.6 is 0 Å². The second-order valence-corrected chi connectivity index (χ2v) is 5.67. The Morgan fingerprint density at radius 2 is 1.96 bits per heavy atom. The molecule has 1 heterocycles. The molecule has 0 aliphatic heterocycles. The molecule has 3 amide bonds. The van der Waals surface area contributed by atoms with Crippen LogP contribution in [0, 0.1) is 0 Å². The summed E-state index contributed by atoms with van der Waals surface area (Å²) in [5.41, 5.74) is 5.85. The summed E-state index contributed by atoms with van der Waals surface area (Å²) in [5.74, 6) is -0.602. The second-order valence-electron chi connectivity index (χ2n) is 5.67. The molecule has 9 heteroatoms. The summed E-state index contributed by atoms with van der Waals surface area (Å²) in [6.07, 6.45) is 1.59. The largest absolute Gasteiger partial charge is 0.497 e. The van der Waals surface area contributed by atoms with Crippen molar-refractivity contribution in [3.63, 3.8) is 0 Å². The molecule has 0 fully saturated rings. The van der Waals surface area contributed by atoms with Gasteiger partial charge in [-0.25, -0.2) is 0 Å². The molecule has 0 aliphatic carbocycles. The number of aromatic nitrogens is 1. The van der Waals surface area contributed by atoms with Crippen LogP contribution in [-0.2, 0) is 9.59 Å². The number of methoxy groups -OCH3 is 2. The number of nitrogens with one attached hydrogen (secondary N) is 3. The van der Waals surface area contributed by atoms with Crippen molar-refractivity contribution in [3.8, 4) is 11.5 Å². The molecule has 0 bridgehead atoms. The topological polar surface area (TPSA) is 136 Å². The van der Waals surface area contributed by atoms with E-state index in [1.165, 1.54) is 14.2 Å². The third-order valence-corrected chi connectivity index (χ3v) is 3.81. The Balaban J connectivity index is 2.17. The number of H-pyrrole nitrogens is 1. The minimum absolute atomic E-state index is 0.0555. The van der Waals surface area contributed by atoms with Crippen LogP contribution in [0.2, 0.25) is 0 Å². The van der Waals surface area contributed by atoms with E-state index >= 15 is 0 Å². The number of ether oxygens (including phenoxy) is 2. The molecule has 9 nitrogen and oxygen atoms in total. The summed E-state index contributed by atoms with van der Waals surface area (Å²) in [6.45, 7) is 0. The zero-order valence-electron chi connectivity index (χ0n) is 15.1. The lowest BCUT2D eigenvalue weighted by Gasteiger charge is -2.19. The van der Waals surface area contributed by atoms with Crippen LogP contribution in [0.15, 0.2) is 36.5 Å². The fraction of sp³-hybridized carbons (Fsp3) is 0.278. The second kappa shape index (κ2) is 9.27. The van der Waals surface area contributed by atoms with Crippen LogP contribution in [0.1, 0.15) is 23.3 Å². The molecule has 1 aromatic carbocycles. The van der Waals surface area contributed by atoms with E-state index in [1.807, 2.05) is 0 Å². The predicted octanol–water partition coefficient (Wildman–Crippen LogP) is 1.03. The normalized spacial score (nSPS) is 11.3. The van der Waals surface area contributed by atoms with Crippen LogP contribution in [0.3, 0.4) is 0 Å². The van der Waals surface area contributed by atoms with E-state index in [4.69, 9.17) is 15.2 Å². The van der Waals surface area contributed by atoms with Gasteiger partial charge in [-0.05, 0) is 30.7 Å². The number of hydrogen-bond acceptors (Lipinski definition) is 5. The lowest BCUT2D eigenvalue weighted by molar-refractivity contribution is -0.119. The molecule has 0 unspecified atom stereocenters. The van der Waals surface area contributed by atoms with Gasteiger partial charge in [-0.2, -0.15) is 0 Å². The van der Waals surface area contributed by atoms with Crippen molar-refractivity contribution in [2.75, 3.05) is 19.5 Å². The number of carbonyl (C=O) groups excluding carboxylic acids is 3. The molecule has 0 spiro atoms. The third kappa shape index (κ3) is 5.50. The maximum Gasteiger partial charge on any atom is 0.268 e. The Morgan fingerprint density at radius 3 is 2.56 bits per heavy atom. The number of nitrogens with two attached hydrogens (primary N) is 1. The minimum atomic E-state index is -0.968. The SMILES string of the molecule is COc1ccc(OC)c(NC(=O)[C@H](CCC(N)=O)NC(=O)c2ccc[nH]2)c1. The molecular weight excluding hydrogens is 352 g/mol. The van der Waals surface area contributed by atoms with E-state index in [0.717, 1.165) is 0 Å². The number of aromatic amines is 1. The first kappa shape index (κ1) is 19.8. The standard InChI is InChI=1S/C18H22N4O5/c1-26-11-5-7-15(27-2)14(10-11)22-18(25)13(6-8-16(19)23)21-17(24)12-4-3-9-20-12/h3-5,7,9-10,13,20H,6,8H2,1-2H3,(H2,19,23)(H,21,24)(H,22,25)/t13-/m0/s1. The van der Waals surface area contributed by atoms with Crippen molar-refractivity contribution in [2.45, 2.75) is 18.9 Å². The Hall–Kier alpha value is -3.49. The Labute approximate surface area is 156 Å². The van der Waals surface area contributed by atoms with Crippen molar-refractivity contribution in [1.82, 2.24) is 10.3 Å². The first-order valence-corrected chi connectivity index (χ1v) is 8.20. The molecule has 0 saturated carbocycles. The number of anilines is 1. The molecule has 27 heavy (non-hydrogen) atoms. The van der Waals surface area contributed by atoms with Gasteiger partial charge in [-0.3, -0.25) is 14.4 Å². The quantitative estimate of drug-likeness (QED) is 0.520. The fourth-order valence-electron chi connectivity index (χ4n) is 2.39. The minimum Gasteiger partial charge on any atom is -0.497 e. The highest BCUT2D eigenvalue weighted by molar-refractivity contribution is 6.01. The molecule has 2 aromatic rings. The number of carbonyl (C=O) groups is 3. The highest BCUT2D eigenvalue weighted by atomic mass is 16.5. The van der Waals surface area contributed by atoms with E-state index in [-0.39, 0.29) is 12.8 Å². The van der Waals surface area contributed by atoms with Crippen molar-refractivity contribution in [3.05, 3.63) is 42.2 Å². The van der Waals surface area contributed by atoms with Crippen LogP contribution in [0.5, 0.6) is 11.5 Å². The first-order chi connectivity index (χ1) is 12.9. The molecule has 5 N–H and O–H groups in total. The Bertz CT molecular complexity index is 804. The highest BCUT2D eigenvalue weighted by Gasteiger charge is 2.23. The predicted molar refractivity (Wildman–Crippen MR) is 98.7 cm³/mol. The molecule has 0 radical (unpaired) electrons. The summed E-state index contributed by atoms with van der Waals surface area (Å²) in [4.78, 5) is 38.8. The van der Waals surface area contributed by atoms with Gasteiger partial charge in [0.2, 0.25) is 11.8 Å². The first-order valence-electron chi connectivity index (χ1n) is 8.20. The van der Waals surface area contributed by atoms with Gasteiger partial charge in [0.1, 0.15) is 23.2 Å². The van der Waals surface area contributed by atoms with Crippen molar-refractivity contribution in [1.29, 1.82) is 0 Å². The molecular formula is C18H22N4O5. The molecule has 1 atom stereocenters. The Morgan fingerprint density at radius 1 is 1.19 bits per heavy atom. The maximum atomic E-state index is 12.7. The summed E-state index contributed by atoms with van der Waals surface area (Å²) >= 11 is 0. The van der Waals surface area contributed by atoms with Gasteiger partial charge in [0.15, 0.2) is 0 Å². The number of hydrogen-bond donors (Lipinski definition) is 4. The third-order valence-electron chi connectivity index (χ3n) is 3.81. The van der Waals surface area contributed by atoms with E-state index in [0.29, 0.717) is 22.9 Å². The van der Waals surface area contributed by atoms with Crippen LogP contribution < -0.4 is 25.8 Å². The van der Waals surface area contributed by atoms with E-state index in [9.17, 15) is 14.4 Å². The highest BCUT2D eigenvalue weighted by Crippen LogP contribution is 2.29. The van der Waals surface area contributed by atoms with Crippen molar-refractivity contribution >= 4 is 23.4 Å². The summed E-state index contributed by atoms with van der Waals surface area (Å²) < 4.78 is 10.4. The summed E-state index contributed by atoms with van der Waals surface area (Å²) in [7, 11) is 2.97. The van der Waals surface area contributed by atoms with Crippen molar-refractivity contribution in [2.24, 2.45) is 5.73 Å². The van der Waals surface area contributed by atoms with Gasteiger partial charge in [-0.15, -0.1) is 0 Å². The van der Waals surface area contributed by atoms with E-state index < -0.39 is 23.8 Å². The monoisotopic (exact) mass is 374 g/mol. The molecule has 144 valence electrons. The van der Waals surface area contributed by atoms with Crippen molar-refractivity contribution < 1.29 is 23.9 Å². The zero-order chi connectivity index (χ0) is 19.8. The number of rotatable bonds is 9.